The summed E-state index contributed by atoms with van der Waals surface area (Å²) in [6, 6.07) is 0.439. The first kappa shape index (κ1) is 13.9. The fourth-order valence-corrected chi connectivity index (χ4v) is 2.01. The van der Waals surface area contributed by atoms with Crippen LogP contribution in [-0.2, 0) is 9.59 Å². The maximum atomic E-state index is 11.7. The predicted molar refractivity (Wildman–Crippen MR) is 65.4 cm³/mol. The first-order chi connectivity index (χ1) is 8.04. The fraction of sp³-hybridized carbons (Fsp3) is 0.818. The molecule has 0 aliphatic carbocycles. The number of likely N-dealkylation sites (N-methyl/N-ethyl adjacent to an activating group) is 2. The van der Waals surface area contributed by atoms with E-state index < -0.39 is 0 Å². The number of nitrogens with two attached hydrogens (primary N) is 1. The van der Waals surface area contributed by atoms with E-state index in [-0.39, 0.29) is 24.9 Å². The molecule has 0 aromatic heterocycles. The fourth-order valence-electron chi connectivity index (χ4n) is 2.01. The summed E-state index contributed by atoms with van der Waals surface area (Å²) in [4.78, 5) is 26.6. The molecule has 0 radical (unpaired) electrons. The number of carbonyl (C=O) groups is 2. The highest BCUT2D eigenvalue weighted by atomic mass is 16.2. The SMILES string of the molecule is CN(CC1CCCN1C)C(=O)CNC(=O)CN. The predicted octanol–water partition coefficient (Wildman–Crippen LogP) is -1.39. The van der Waals surface area contributed by atoms with Crippen LogP contribution in [0.25, 0.3) is 0 Å². The molecule has 0 bridgehead atoms. The summed E-state index contributed by atoms with van der Waals surface area (Å²) in [5.74, 6) is -0.378. The molecule has 17 heavy (non-hydrogen) atoms. The molecule has 1 fully saturated rings. The van der Waals surface area contributed by atoms with Crippen molar-refractivity contribution < 1.29 is 9.59 Å². The van der Waals surface area contributed by atoms with Gasteiger partial charge in [0, 0.05) is 19.6 Å². The van der Waals surface area contributed by atoms with Crippen molar-refractivity contribution in [2.45, 2.75) is 18.9 Å². The number of likely N-dealkylation sites (tertiary alicyclic amines) is 1. The molecule has 98 valence electrons. The third-order valence-electron chi connectivity index (χ3n) is 3.20. The van der Waals surface area contributed by atoms with Crippen LogP contribution in [-0.4, -0.2) is 67.9 Å². The third kappa shape index (κ3) is 4.32. The zero-order valence-electron chi connectivity index (χ0n) is 10.6. The Morgan fingerprint density at radius 2 is 2.24 bits per heavy atom. The molecule has 0 spiro atoms. The number of rotatable bonds is 5. The maximum absolute atomic E-state index is 11.7. The van der Waals surface area contributed by atoms with Gasteiger partial charge in [0.1, 0.15) is 0 Å². The Kier molecular flexibility index (Phi) is 5.37. The molecule has 6 heteroatoms. The largest absolute Gasteiger partial charge is 0.346 e. The second-order valence-electron chi connectivity index (χ2n) is 4.53. The van der Waals surface area contributed by atoms with E-state index >= 15 is 0 Å². The second-order valence-corrected chi connectivity index (χ2v) is 4.53. The van der Waals surface area contributed by atoms with Crippen molar-refractivity contribution in [3.8, 4) is 0 Å². The first-order valence-electron chi connectivity index (χ1n) is 5.95. The van der Waals surface area contributed by atoms with Crippen LogP contribution in [0.3, 0.4) is 0 Å². The Morgan fingerprint density at radius 1 is 1.53 bits per heavy atom. The molecule has 1 atom stereocenters. The van der Waals surface area contributed by atoms with Crippen LogP contribution < -0.4 is 11.1 Å². The van der Waals surface area contributed by atoms with Gasteiger partial charge in [-0.05, 0) is 26.4 Å². The number of hydrogen-bond donors (Lipinski definition) is 2. The molecule has 0 aromatic carbocycles. The van der Waals surface area contributed by atoms with Gasteiger partial charge in [-0.15, -0.1) is 0 Å². The summed E-state index contributed by atoms with van der Waals surface area (Å²) in [7, 11) is 3.84. The highest BCUT2D eigenvalue weighted by Crippen LogP contribution is 2.15. The van der Waals surface area contributed by atoms with Gasteiger partial charge in [-0.1, -0.05) is 0 Å². The highest BCUT2D eigenvalue weighted by Gasteiger charge is 2.23. The summed E-state index contributed by atoms with van der Waals surface area (Å²) in [6.07, 6.45) is 2.32. The average Bonchev–Trinajstić information content (AvgIpc) is 2.71. The van der Waals surface area contributed by atoms with E-state index in [2.05, 4.69) is 17.3 Å². The normalized spacial score (nSPS) is 20.3. The van der Waals surface area contributed by atoms with Crippen LogP contribution in [0.5, 0.6) is 0 Å². The number of amides is 2. The van der Waals surface area contributed by atoms with Crippen LogP contribution >= 0.6 is 0 Å². The van der Waals surface area contributed by atoms with E-state index in [4.69, 9.17) is 5.73 Å². The van der Waals surface area contributed by atoms with Gasteiger partial charge in [-0.3, -0.25) is 9.59 Å². The highest BCUT2D eigenvalue weighted by molar-refractivity contribution is 5.85. The second kappa shape index (κ2) is 6.56. The van der Waals surface area contributed by atoms with Gasteiger partial charge < -0.3 is 20.9 Å². The molecule has 1 unspecified atom stereocenters. The first-order valence-corrected chi connectivity index (χ1v) is 5.95. The molecule has 1 aliphatic rings. The van der Waals surface area contributed by atoms with Crippen molar-refractivity contribution in [2.75, 3.05) is 40.3 Å². The van der Waals surface area contributed by atoms with Crippen molar-refractivity contribution in [3.63, 3.8) is 0 Å². The van der Waals surface area contributed by atoms with Gasteiger partial charge >= 0.3 is 0 Å². The Morgan fingerprint density at radius 3 is 2.76 bits per heavy atom. The number of nitrogens with one attached hydrogen (secondary N) is 1. The van der Waals surface area contributed by atoms with E-state index in [1.807, 2.05) is 0 Å². The number of carbonyl (C=O) groups excluding carboxylic acids is 2. The molecular formula is C11H22N4O2. The van der Waals surface area contributed by atoms with Gasteiger partial charge in [0.15, 0.2) is 0 Å². The summed E-state index contributed by atoms with van der Waals surface area (Å²) in [5.41, 5.74) is 5.14. The Labute approximate surface area is 102 Å². The molecule has 1 aliphatic heterocycles. The quantitative estimate of drug-likeness (QED) is 0.622. The summed E-state index contributed by atoms with van der Waals surface area (Å²) < 4.78 is 0. The average molecular weight is 242 g/mol. The standard InChI is InChI=1S/C11H22N4O2/c1-14-5-3-4-9(14)8-15(2)11(17)7-13-10(16)6-12/h9H,3-8,12H2,1-2H3,(H,13,16). The molecule has 6 nitrogen and oxygen atoms in total. The minimum Gasteiger partial charge on any atom is -0.346 e. The Hall–Kier alpha value is -1.14. The number of hydrogen-bond acceptors (Lipinski definition) is 4. The minimum absolute atomic E-state index is 0.0307. The van der Waals surface area contributed by atoms with Crippen molar-refractivity contribution in [3.05, 3.63) is 0 Å². The van der Waals surface area contributed by atoms with E-state index in [0.717, 1.165) is 13.0 Å². The lowest BCUT2D eigenvalue weighted by atomic mass is 10.2. The van der Waals surface area contributed by atoms with E-state index in [0.29, 0.717) is 12.6 Å². The van der Waals surface area contributed by atoms with E-state index in [9.17, 15) is 9.59 Å². The summed E-state index contributed by atoms with van der Waals surface area (Å²) in [5, 5.41) is 2.48. The molecule has 1 saturated heterocycles. The van der Waals surface area contributed by atoms with Crippen LogP contribution in [0.4, 0.5) is 0 Å². The summed E-state index contributed by atoms with van der Waals surface area (Å²) in [6.45, 7) is 1.76. The monoisotopic (exact) mass is 242 g/mol. The molecule has 0 saturated carbocycles. The zero-order valence-corrected chi connectivity index (χ0v) is 10.6. The summed E-state index contributed by atoms with van der Waals surface area (Å²) >= 11 is 0. The van der Waals surface area contributed by atoms with Gasteiger partial charge in [-0.2, -0.15) is 0 Å². The molecule has 3 N–H and O–H groups in total. The minimum atomic E-state index is -0.301. The van der Waals surface area contributed by atoms with Crippen molar-refractivity contribution in [1.29, 1.82) is 0 Å². The van der Waals surface area contributed by atoms with Gasteiger partial charge in [0.2, 0.25) is 11.8 Å². The Balaban J connectivity index is 2.29. The Bertz CT molecular complexity index is 283. The lowest BCUT2D eigenvalue weighted by Crippen LogP contribution is -2.44. The lowest BCUT2D eigenvalue weighted by Gasteiger charge is -2.25. The lowest BCUT2D eigenvalue weighted by molar-refractivity contribution is -0.132. The molecule has 1 heterocycles. The zero-order chi connectivity index (χ0) is 12.8. The molecule has 1 rings (SSSR count). The van der Waals surface area contributed by atoms with Gasteiger partial charge in [0.05, 0.1) is 13.1 Å². The van der Waals surface area contributed by atoms with E-state index in [1.165, 1.54) is 6.42 Å². The molecule has 2 amide bonds. The molecular weight excluding hydrogens is 220 g/mol. The number of nitrogens with zero attached hydrogens (tertiary/aromatic N) is 2. The topological polar surface area (TPSA) is 78.7 Å². The van der Waals surface area contributed by atoms with Gasteiger partial charge in [-0.25, -0.2) is 0 Å². The maximum Gasteiger partial charge on any atom is 0.241 e. The van der Waals surface area contributed by atoms with Crippen molar-refractivity contribution in [2.24, 2.45) is 5.73 Å². The van der Waals surface area contributed by atoms with Crippen molar-refractivity contribution >= 4 is 11.8 Å². The van der Waals surface area contributed by atoms with Crippen molar-refractivity contribution in [1.82, 2.24) is 15.1 Å². The van der Waals surface area contributed by atoms with Crippen LogP contribution in [0.15, 0.2) is 0 Å². The van der Waals surface area contributed by atoms with Crippen LogP contribution in [0.2, 0.25) is 0 Å². The van der Waals surface area contributed by atoms with Crippen LogP contribution in [0, 0.1) is 0 Å². The molecule has 0 aromatic rings. The van der Waals surface area contributed by atoms with E-state index in [1.54, 1.807) is 11.9 Å². The third-order valence-corrected chi connectivity index (χ3v) is 3.20. The van der Waals surface area contributed by atoms with Crippen LogP contribution in [0.1, 0.15) is 12.8 Å². The van der Waals surface area contributed by atoms with Gasteiger partial charge in [0.25, 0.3) is 0 Å². The smallest absolute Gasteiger partial charge is 0.241 e.